The molecule has 0 saturated heterocycles. The van der Waals surface area contributed by atoms with Crippen LogP contribution in [0.5, 0.6) is 0 Å². The van der Waals surface area contributed by atoms with Crippen molar-refractivity contribution in [1.82, 2.24) is 4.57 Å². The van der Waals surface area contributed by atoms with Gasteiger partial charge < -0.3 is 4.57 Å². The van der Waals surface area contributed by atoms with Crippen molar-refractivity contribution in [3.05, 3.63) is 78.9 Å². The molecule has 1 amide bonds. The Hall–Kier alpha value is -2.77. The molecule has 8 heteroatoms. The molecule has 0 spiro atoms. The smallest absolute Gasteiger partial charge is 0.281 e. The van der Waals surface area contributed by atoms with Crippen LogP contribution in [0.25, 0.3) is 11.3 Å². The zero-order valence-corrected chi connectivity index (χ0v) is 17.7. The number of hydrogen-bond donors (Lipinski definition) is 0. The topological polar surface area (TPSA) is 77.5 Å². The Morgan fingerprint density at radius 3 is 2.55 bits per heavy atom. The molecule has 0 unspecified atom stereocenters. The number of nitro groups is 1. The van der Waals surface area contributed by atoms with E-state index in [1.54, 1.807) is 0 Å². The van der Waals surface area contributed by atoms with E-state index in [2.05, 4.69) is 11.9 Å². The molecule has 2 aromatic carbocycles. The number of hydrogen-bond acceptors (Lipinski definition) is 4. The van der Waals surface area contributed by atoms with E-state index >= 15 is 0 Å². The summed E-state index contributed by atoms with van der Waals surface area (Å²) in [5.74, 6) is -0.593. The summed E-state index contributed by atoms with van der Waals surface area (Å²) < 4.78 is 2.01. The van der Waals surface area contributed by atoms with Crippen LogP contribution in [0.2, 0.25) is 5.02 Å². The normalized spacial score (nSPS) is 11.6. The van der Waals surface area contributed by atoms with Crippen LogP contribution in [0.15, 0.2) is 53.5 Å². The average Bonchev–Trinajstić information content (AvgIpc) is 3.05. The van der Waals surface area contributed by atoms with Crippen molar-refractivity contribution in [2.75, 3.05) is 0 Å². The first-order valence-corrected chi connectivity index (χ1v) is 10.5. The Balaban J connectivity index is 2.16. The van der Waals surface area contributed by atoms with E-state index in [-0.39, 0.29) is 16.3 Å². The summed E-state index contributed by atoms with van der Waals surface area (Å²) in [5, 5.41) is 11.2. The van der Waals surface area contributed by atoms with E-state index in [1.165, 1.54) is 29.5 Å². The highest BCUT2D eigenvalue weighted by atomic mass is 35.5. The standard InChI is InChI=1S/C21H20ClN3O3S/c1-3-8-18-19(14-9-6-5-7-10-14)24(4-2)21(29-18)23-20(26)16-13-15(25(27)28)11-12-17(16)22/h5-7,9-13H,3-4,8H2,1-2H3. The number of benzene rings is 2. The number of halogens is 1. The summed E-state index contributed by atoms with van der Waals surface area (Å²) in [4.78, 5) is 29.3. The van der Waals surface area contributed by atoms with Crippen molar-refractivity contribution in [3.63, 3.8) is 0 Å². The van der Waals surface area contributed by atoms with Crippen molar-refractivity contribution in [3.8, 4) is 11.3 Å². The fourth-order valence-electron chi connectivity index (χ4n) is 3.08. The predicted octanol–water partition coefficient (Wildman–Crippen LogP) is 5.49. The van der Waals surface area contributed by atoms with Crippen molar-refractivity contribution in [1.29, 1.82) is 0 Å². The van der Waals surface area contributed by atoms with Crippen molar-refractivity contribution >= 4 is 34.5 Å². The molecule has 6 nitrogen and oxygen atoms in total. The second-order valence-corrected chi connectivity index (χ2v) is 7.82. The fraction of sp³-hybridized carbons (Fsp3) is 0.238. The van der Waals surface area contributed by atoms with Crippen LogP contribution in [-0.4, -0.2) is 15.4 Å². The maximum absolute atomic E-state index is 12.8. The van der Waals surface area contributed by atoms with Crippen LogP contribution in [0.3, 0.4) is 0 Å². The van der Waals surface area contributed by atoms with Crippen LogP contribution >= 0.6 is 22.9 Å². The monoisotopic (exact) mass is 429 g/mol. The maximum Gasteiger partial charge on any atom is 0.281 e. The minimum atomic E-state index is -0.593. The van der Waals surface area contributed by atoms with Crippen LogP contribution in [0, 0.1) is 10.1 Å². The second-order valence-electron chi connectivity index (χ2n) is 6.35. The molecule has 0 fully saturated rings. The van der Waals surface area contributed by atoms with Crippen molar-refractivity contribution in [2.45, 2.75) is 33.2 Å². The second kappa shape index (κ2) is 9.15. The van der Waals surface area contributed by atoms with Gasteiger partial charge in [-0.1, -0.05) is 55.3 Å². The van der Waals surface area contributed by atoms with Gasteiger partial charge in [0.15, 0.2) is 4.80 Å². The maximum atomic E-state index is 12.8. The molecule has 0 aliphatic carbocycles. The molecule has 0 aliphatic heterocycles. The summed E-state index contributed by atoms with van der Waals surface area (Å²) in [6.45, 7) is 4.74. The zero-order valence-electron chi connectivity index (χ0n) is 16.1. The third-order valence-corrected chi connectivity index (χ3v) is 5.88. The van der Waals surface area contributed by atoms with Gasteiger partial charge in [-0.3, -0.25) is 14.9 Å². The lowest BCUT2D eigenvalue weighted by Crippen LogP contribution is -2.17. The van der Waals surface area contributed by atoms with E-state index in [4.69, 9.17) is 11.6 Å². The lowest BCUT2D eigenvalue weighted by atomic mass is 10.1. The molecule has 3 aromatic rings. The molecule has 0 radical (unpaired) electrons. The van der Waals surface area contributed by atoms with Crippen LogP contribution < -0.4 is 4.80 Å². The quantitative estimate of drug-likeness (QED) is 0.384. The van der Waals surface area contributed by atoms with Crippen LogP contribution in [-0.2, 0) is 13.0 Å². The molecular formula is C21H20ClN3O3S. The highest BCUT2D eigenvalue weighted by Gasteiger charge is 2.18. The molecule has 3 rings (SSSR count). The molecule has 1 aromatic heterocycles. The number of aromatic nitrogens is 1. The number of carbonyl (C=O) groups is 1. The SMILES string of the molecule is CCCc1sc(=NC(=O)c2cc([N+](=O)[O-])ccc2Cl)n(CC)c1-c1ccccc1. The summed E-state index contributed by atoms with van der Waals surface area (Å²) in [7, 11) is 0. The van der Waals surface area contributed by atoms with Gasteiger partial charge in [0.1, 0.15) is 0 Å². The Morgan fingerprint density at radius 1 is 1.21 bits per heavy atom. The number of nitro benzene ring substituents is 1. The number of rotatable bonds is 6. The van der Waals surface area contributed by atoms with E-state index in [9.17, 15) is 14.9 Å². The zero-order chi connectivity index (χ0) is 21.0. The van der Waals surface area contributed by atoms with E-state index < -0.39 is 10.8 Å². The van der Waals surface area contributed by atoms with E-state index in [1.807, 2.05) is 41.8 Å². The lowest BCUT2D eigenvalue weighted by molar-refractivity contribution is -0.384. The van der Waals surface area contributed by atoms with Crippen molar-refractivity contribution in [2.24, 2.45) is 4.99 Å². The molecule has 0 bridgehead atoms. The van der Waals surface area contributed by atoms with Crippen molar-refractivity contribution < 1.29 is 9.72 Å². The van der Waals surface area contributed by atoms with Gasteiger partial charge in [0, 0.05) is 23.6 Å². The van der Waals surface area contributed by atoms with Crippen LogP contribution in [0.4, 0.5) is 5.69 Å². The van der Waals surface area contributed by atoms with Gasteiger partial charge in [0.25, 0.3) is 11.6 Å². The number of amides is 1. The average molecular weight is 430 g/mol. The highest BCUT2D eigenvalue weighted by molar-refractivity contribution is 7.09. The number of thiazole rings is 1. The number of aryl methyl sites for hydroxylation is 1. The summed E-state index contributed by atoms with van der Waals surface area (Å²) >= 11 is 7.58. The number of non-ortho nitro benzene ring substituents is 1. The van der Waals surface area contributed by atoms with Gasteiger partial charge in [-0.15, -0.1) is 11.3 Å². The molecule has 1 heterocycles. The first-order chi connectivity index (χ1) is 14.0. The Kier molecular flexibility index (Phi) is 6.61. The van der Waals surface area contributed by atoms with Gasteiger partial charge in [0.05, 0.1) is 21.2 Å². The van der Waals surface area contributed by atoms with Crippen LogP contribution in [0.1, 0.15) is 35.5 Å². The predicted molar refractivity (Wildman–Crippen MR) is 115 cm³/mol. The van der Waals surface area contributed by atoms with E-state index in [0.717, 1.165) is 29.0 Å². The molecule has 0 atom stereocenters. The number of nitrogens with zero attached hydrogens (tertiary/aromatic N) is 3. The molecule has 0 aliphatic rings. The molecule has 29 heavy (non-hydrogen) atoms. The van der Waals surface area contributed by atoms with Gasteiger partial charge in [-0.05, 0) is 25.0 Å². The molecule has 0 N–H and O–H groups in total. The van der Waals surface area contributed by atoms with E-state index in [0.29, 0.717) is 11.3 Å². The minimum absolute atomic E-state index is 0.0234. The Morgan fingerprint density at radius 2 is 1.93 bits per heavy atom. The van der Waals surface area contributed by atoms with Gasteiger partial charge in [0.2, 0.25) is 0 Å². The minimum Gasteiger partial charge on any atom is -0.316 e. The molecule has 0 saturated carbocycles. The molecule has 150 valence electrons. The van der Waals surface area contributed by atoms with Gasteiger partial charge >= 0.3 is 0 Å². The van der Waals surface area contributed by atoms with Gasteiger partial charge in [-0.25, -0.2) is 0 Å². The third kappa shape index (κ3) is 4.46. The third-order valence-electron chi connectivity index (χ3n) is 4.41. The summed E-state index contributed by atoms with van der Waals surface area (Å²) in [5.41, 5.74) is 1.95. The largest absolute Gasteiger partial charge is 0.316 e. The first kappa shape index (κ1) is 21.0. The fourth-order valence-corrected chi connectivity index (χ4v) is 4.59. The molecular weight excluding hydrogens is 410 g/mol. The number of carbonyl (C=O) groups excluding carboxylic acids is 1. The Bertz CT molecular complexity index is 1120. The summed E-state index contributed by atoms with van der Waals surface area (Å²) in [6, 6.07) is 13.8. The van der Waals surface area contributed by atoms with Gasteiger partial charge in [-0.2, -0.15) is 4.99 Å². The summed E-state index contributed by atoms with van der Waals surface area (Å²) in [6.07, 6.45) is 1.84. The highest BCUT2D eigenvalue weighted by Crippen LogP contribution is 2.28. The Labute approximate surface area is 177 Å². The first-order valence-electron chi connectivity index (χ1n) is 9.27. The lowest BCUT2D eigenvalue weighted by Gasteiger charge is -2.08.